The van der Waals surface area contributed by atoms with Crippen molar-refractivity contribution in [3.8, 4) is 0 Å². The molecule has 1 saturated heterocycles. The summed E-state index contributed by atoms with van der Waals surface area (Å²) in [6, 6.07) is 8.16. The van der Waals surface area contributed by atoms with Crippen LogP contribution < -0.4 is 0 Å². The molecule has 0 bridgehead atoms. The number of amides is 1. The number of likely N-dealkylation sites (N-methyl/N-ethyl adjacent to an activating group) is 1. The molecule has 3 rings (SSSR count). The van der Waals surface area contributed by atoms with E-state index in [2.05, 4.69) is 21.9 Å². The molecular weight excluding hydrogens is 362 g/mol. The van der Waals surface area contributed by atoms with Crippen LogP contribution in [0.5, 0.6) is 0 Å². The molecular formula is C17H22ClN3OS2. The highest BCUT2D eigenvalue weighted by Crippen LogP contribution is 2.23. The highest BCUT2D eigenvalue weighted by atomic mass is 35.5. The fraction of sp³-hybridized carbons (Fsp3) is 0.471. The first-order valence-corrected chi connectivity index (χ1v) is 10.1. The normalized spacial score (nSPS) is 16.4. The van der Waals surface area contributed by atoms with E-state index in [1.807, 2.05) is 29.5 Å². The first kappa shape index (κ1) is 17.9. The SMILES string of the molecule is CN(Cc1cccs1)C(=O)CN1CCN(Cc2ccc(Cl)s2)CC1. The largest absolute Gasteiger partial charge is 0.340 e. The van der Waals surface area contributed by atoms with Gasteiger partial charge in [-0.25, -0.2) is 0 Å². The van der Waals surface area contributed by atoms with E-state index in [1.54, 1.807) is 22.7 Å². The minimum atomic E-state index is 0.196. The van der Waals surface area contributed by atoms with Crippen molar-refractivity contribution < 1.29 is 4.79 Å². The van der Waals surface area contributed by atoms with Crippen LogP contribution in [-0.2, 0) is 17.9 Å². The molecule has 7 heteroatoms. The Hall–Kier alpha value is -0.920. The second-order valence-corrected chi connectivity index (χ2v) is 8.92. The monoisotopic (exact) mass is 383 g/mol. The Balaban J connectivity index is 1.40. The van der Waals surface area contributed by atoms with E-state index in [0.717, 1.165) is 37.1 Å². The Morgan fingerprint density at radius 1 is 1.17 bits per heavy atom. The van der Waals surface area contributed by atoms with Crippen molar-refractivity contribution in [1.29, 1.82) is 0 Å². The van der Waals surface area contributed by atoms with Gasteiger partial charge in [0, 0.05) is 49.5 Å². The van der Waals surface area contributed by atoms with E-state index >= 15 is 0 Å². The third kappa shape index (κ3) is 5.04. The van der Waals surface area contributed by atoms with Gasteiger partial charge in [-0.2, -0.15) is 0 Å². The lowest BCUT2D eigenvalue weighted by atomic mass is 10.3. The Bertz CT molecular complexity index is 651. The predicted octanol–water partition coefficient (Wildman–Crippen LogP) is 3.24. The van der Waals surface area contributed by atoms with Gasteiger partial charge in [0.15, 0.2) is 0 Å². The number of carbonyl (C=O) groups excluding carboxylic acids is 1. The van der Waals surface area contributed by atoms with Gasteiger partial charge in [0.2, 0.25) is 5.91 Å². The average molecular weight is 384 g/mol. The van der Waals surface area contributed by atoms with Crippen molar-refractivity contribution in [3.63, 3.8) is 0 Å². The average Bonchev–Trinajstić information content (AvgIpc) is 3.21. The van der Waals surface area contributed by atoms with Gasteiger partial charge in [-0.15, -0.1) is 22.7 Å². The molecule has 0 aliphatic carbocycles. The summed E-state index contributed by atoms with van der Waals surface area (Å²) in [6.45, 7) is 6.05. The summed E-state index contributed by atoms with van der Waals surface area (Å²) in [5, 5.41) is 2.05. The van der Waals surface area contributed by atoms with Gasteiger partial charge in [-0.05, 0) is 23.6 Å². The smallest absolute Gasteiger partial charge is 0.236 e. The van der Waals surface area contributed by atoms with Crippen LogP contribution >= 0.6 is 34.3 Å². The molecule has 2 aromatic heterocycles. The molecule has 0 N–H and O–H groups in total. The van der Waals surface area contributed by atoms with Gasteiger partial charge >= 0.3 is 0 Å². The molecule has 1 amide bonds. The maximum Gasteiger partial charge on any atom is 0.236 e. The Kier molecular flexibility index (Phi) is 6.30. The van der Waals surface area contributed by atoms with Crippen LogP contribution in [0.25, 0.3) is 0 Å². The lowest BCUT2D eigenvalue weighted by molar-refractivity contribution is -0.132. The number of piperazine rings is 1. The molecule has 130 valence electrons. The molecule has 1 aliphatic rings. The van der Waals surface area contributed by atoms with Crippen molar-refractivity contribution in [2.45, 2.75) is 13.1 Å². The predicted molar refractivity (Wildman–Crippen MR) is 102 cm³/mol. The van der Waals surface area contributed by atoms with E-state index in [0.29, 0.717) is 13.1 Å². The number of hydrogen-bond donors (Lipinski definition) is 0. The molecule has 0 spiro atoms. The zero-order valence-electron chi connectivity index (χ0n) is 13.8. The van der Waals surface area contributed by atoms with Gasteiger partial charge < -0.3 is 4.90 Å². The highest BCUT2D eigenvalue weighted by molar-refractivity contribution is 7.16. The number of thiophene rings is 2. The fourth-order valence-electron chi connectivity index (χ4n) is 2.80. The maximum absolute atomic E-state index is 12.4. The summed E-state index contributed by atoms with van der Waals surface area (Å²) in [6.07, 6.45) is 0. The number of halogens is 1. The van der Waals surface area contributed by atoms with E-state index in [4.69, 9.17) is 11.6 Å². The lowest BCUT2D eigenvalue weighted by Crippen LogP contribution is -2.49. The molecule has 0 aromatic carbocycles. The van der Waals surface area contributed by atoms with Crippen LogP contribution in [0.4, 0.5) is 0 Å². The Morgan fingerprint density at radius 2 is 1.92 bits per heavy atom. The molecule has 4 nitrogen and oxygen atoms in total. The van der Waals surface area contributed by atoms with Gasteiger partial charge in [0.05, 0.1) is 17.4 Å². The lowest BCUT2D eigenvalue weighted by Gasteiger charge is -2.34. The molecule has 1 aliphatic heterocycles. The molecule has 1 fully saturated rings. The van der Waals surface area contributed by atoms with Crippen LogP contribution in [0.3, 0.4) is 0 Å². The first-order valence-electron chi connectivity index (χ1n) is 8.05. The van der Waals surface area contributed by atoms with Gasteiger partial charge in [-0.1, -0.05) is 17.7 Å². The Morgan fingerprint density at radius 3 is 2.54 bits per heavy atom. The standard InChI is InChI=1S/C17H22ClN3OS2/c1-19(11-14-3-2-10-23-14)17(22)13-21-8-6-20(7-9-21)12-15-4-5-16(18)24-15/h2-5,10H,6-9,11-13H2,1H3. The minimum Gasteiger partial charge on any atom is -0.340 e. The number of hydrogen-bond acceptors (Lipinski definition) is 5. The van der Waals surface area contributed by atoms with Crippen LogP contribution in [0.2, 0.25) is 4.34 Å². The topological polar surface area (TPSA) is 26.8 Å². The van der Waals surface area contributed by atoms with Crippen LogP contribution in [-0.4, -0.2) is 60.4 Å². The molecule has 0 radical (unpaired) electrons. The number of carbonyl (C=O) groups is 1. The quantitative estimate of drug-likeness (QED) is 0.766. The number of nitrogens with zero attached hydrogens (tertiary/aromatic N) is 3. The maximum atomic E-state index is 12.4. The molecule has 0 unspecified atom stereocenters. The molecule has 0 saturated carbocycles. The second kappa shape index (κ2) is 8.45. The van der Waals surface area contributed by atoms with Crippen molar-refractivity contribution in [1.82, 2.24) is 14.7 Å². The van der Waals surface area contributed by atoms with E-state index in [-0.39, 0.29) is 5.91 Å². The zero-order chi connectivity index (χ0) is 16.9. The highest BCUT2D eigenvalue weighted by Gasteiger charge is 2.21. The number of rotatable bonds is 6. The third-order valence-corrected chi connectivity index (χ3v) is 6.31. The van der Waals surface area contributed by atoms with E-state index < -0.39 is 0 Å². The summed E-state index contributed by atoms with van der Waals surface area (Å²) >= 11 is 9.33. The van der Waals surface area contributed by atoms with Crippen molar-refractivity contribution in [3.05, 3.63) is 43.7 Å². The fourth-order valence-corrected chi connectivity index (χ4v) is 4.69. The van der Waals surface area contributed by atoms with Crippen LogP contribution in [0, 0.1) is 0 Å². The molecule has 24 heavy (non-hydrogen) atoms. The summed E-state index contributed by atoms with van der Waals surface area (Å²) in [4.78, 5) is 21.4. The van der Waals surface area contributed by atoms with Crippen LogP contribution in [0.15, 0.2) is 29.6 Å². The van der Waals surface area contributed by atoms with Crippen molar-refractivity contribution >= 4 is 40.2 Å². The van der Waals surface area contributed by atoms with Gasteiger partial charge in [0.25, 0.3) is 0 Å². The second-order valence-electron chi connectivity index (χ2n) is 6.09. The molecule has 3 heterocycles. The minimum absolute atomic E-state index is 0.196. The molecule has 2 aromatic rings. The summed E-state index contributed by atoms with van der Waals surface area (Å²) in [7, 11) is 1.89. The van der Waals surface area contributed by atoms with E-state index in [9.17, 15) is 4.79 Å². The van der Waals surface area contributed by atoms with Gasteiger partial charge in [0.1, 0.15) is 0 Å². The van der Waals surface area contributed by atoms with Gasteiger partial charge in [-0.3, -0.25) is 14.6 Å². The zero-order valence-corrected chi connectivity index (χ0v) is 16.2. The van der Waals surface area contributed by atoms with Crippen LogP contribution in [0.1, 0.15) is 9.75 Å². The summed E-state index contributed by atoms with van der Waals surface area (Å²) in [5.41, 5.74) is 0. The third-order valence-electron chi connectivity index (χ3n) is 4.23. The first-order chi connectivity index (χ1) is 11.6. The van der Waals surface area contributed by atoms with E-state index in [1.165, 1.54) is 9.75 Å². The summed E-state index contributed by atoms with van der Waals surface area (Å²) < 4.78 is 0.850. The molecule has 0 atom stereocenters. The van der Waals surface area contributed by atoms with Crippen molar-refractivity contribution in [2.24, 2.45) is 0 Å². The Labute approximate surface area is 156 Å². The summed E-state index contributed by atoms with van der Waals surface area (Å²) in [5.74, 6) is 0.196. The van der Waals surface area contributed by atoms with Crippen molar-refractivity contribution in [2.75, 3.05) is 39.8 Å².